The third-order valence-corrected chi connectivity index (χ3v) is 2.97. The Balaban J connectivity index is 2.72. The minimum Gasteiger partial charge on any atom is -0.465 e. The zero-order chi connectivity index (χ0) is 13.8. The van der Waals surface area contributed by atoms with Crippen LogP contribution in [0.2, 0.25) is 0 Å². The molecule has 0 bridgehead atoms. The van der Waals surface area contributed by atoms with Crippen LogP contribution in [0.3, 0.4) is 0 Å². The zero-order valence-corrected chi connectivity index (χ0v) is 11.3. The Morgan fingerprint density at radius 2 is 2.17 bits per heavy atom. The van der Waals surface area contributed by atoms with Gasteiger partial charge in [0.25, 0.3) is 0 Å². The second-order valence-electron chi connectivity index (χ2n) is 4.79. The van der Waals surface area contributed by atoms with Crippen LogP contribution in [-0.2, 0) is 19.1 Å². The van der Waals surface area contributed by atoms with Crippen LogP contribution >= 0.6 is 0 Å². The van der Waals surface area contributed by atoms with Gasteiger partial charge in [0, 0.05) is 12.6 Å². The first kappa shape index (κ1) is 14.9. The average molecular weight is 258 g/mol. The molecule has 0 aromatic carbocycles. The normalized spacial score (nSPS) is 23.2. The van der Waals surface area contributed by atoms with Crippen molar-refractivity contribution in [1.82, 2.24) is 4.90 Å². The molecular formula is C12H22N2O4. The van der Waals surface area contributed by atoms with Crippen LogP contribution in [-0.4, -0.2) is 54.7 Å². The minimum atomic E-state index is -1.00. The highest BCUT2D eigenvalue weighted by Crippen LogP contribution is 2.19. The van der Waals surface area contributed by atoms with Crippen LogP contribution in [0.5, 0.6) is 0 Å². The Morgan fingerprint density at radius 3 is 2.61 bits per heavy atom. The van der Waals surface area contributed by atoms with E-state index in [-0.39, 0.29) is 25.1 Å². The smallest absolute Gasteiger partial charge is 0.325 e. The van der Waals surface area contributed by atoms with E-state index in [4.69, 9.17) is 15.2 Å². The molecule has 1 amide bonds. The van der Waals surface area contributed by atoms with E-state index in [1.165, 1.54) is 4.90 Å². The molecule has 0 aromatic heterocycles. The number of nitrogens with zero attached hydrogens (tertiary/aromatic N) is 1. The van der Waals surface area contributed by atoms with Gasteiger partial charge in [0.2, 0.25) is 5.91 Å². The summed E-state index contributed by atoms with van der Waals surface area (Å²) in [5.41, 5.74) is 5.02. The molecule has 1 saturated heterocycles. The van der Waals surface area contributed by atoms with Gasteiger partial charge in [0.1, 0.15) is 12.1 Å². The maximum atomic E-state index is 12.4. The van der Waals surface area contributed by atoms with E-state index in [9.17, 15) is 9.59 Å². The molecule has 1 unspecified atom stereocenters. The van der Waals surface area contributed by atoms with Gasteiger partial charge in [-0.05, 0) is 27.2 Å². The SMILES string of the molecule is CCOC(=O)CN(C(=O)C1(N)CCOC1)C(C)C. The first-order valence-corrected chi connectivity index (χ1v) is 6.24. The third-order valence-electron chi connectivity index (χ3n) is 2.97. The summed E-state index contributed by atoms with van der Waals surface area (Å²) in [5.74, 6) is -0.662. The fourth-order valence-electron chi connectivity index (χ4n) is 1.87. The highest BCUT2D eigenvalue weighted by Gasteiger charge is 2.42. The molecule has 0 spiro atoms. The van der Waals surface area contributed by atoms with Gasteiger partial charge in [-0.15, -0.1) is 0 Å². The number of carbonyl (C=O) groups is 2. The Kier molecular flexibility index (Phi) is 5.10. The highest BCUT2D eigenvalue weighted by atomic mass is 16.5. The lowest BCUT2D eigenvalue weighted by atomic mass is 9.97. The van der Waals surface area contributed by atoms with Crippen molar-refractivity contribution in [2.75, 3.05) is 26.4 Å². The lowest BCUT2D eigenvalue weighted by Gasteiger charge is -2.32. The molecule has 6 heteroatoms. The molecule has 1 fully saturated rings. The van der Waals surface area contributed by atoms with Crippen molar-refractivity contribution in [2.24, 2.45) is 5.73 Å². The second-order valence-corrected chi connectivity index (χ2v) is 4.79. The first-order chi connectivity index (χ1) is 8.40. The van der Waals surface area contributed by atoms with E-state index in [2.05, 4.69) is 0 Å². The van der Waals surface area contributed by atoms with E-state index in [0.29, 0.717) is 19.6 Å². The van der Waals surface area contributed by atoms with Crippen molar-refractivity contribution in [3.05, 3.63) is 0 Å². The average Bonchev–Trinajstić information content (AvgIpc) is 2.73. The Bertz CT molecular complexity index is 311. The first-order valence-electron chi connectivity index (χ1n) is 6.24. The summed E-state index contributed by atoms with van der Waals surface area (Å²) in [6.07, 6.45) is 0.484. The van der Waals surface area contributed by atoms with Crippen LogP contribution in [0, 0.1) is 0 Å². The molecule has 0 aromatic rings. The molecular weight excluding hydrogens is 236 g/mol. The predicted molar refractivity (Wildman–Crippen MR) is 65.8 cm³/mol. The van der Waals surface area contributed by atoms with Gasteiger partial charge in [0.05, 0.1) is 13.2 Å². The standard InChI is InChI=1S/C12H22N2O4/c1-4-18-10(15)7-14(9(2)3)11(16)12(13)5-6-17-8-12/h9H,4-8,13H2,1-3H3. The van der Waals surface area contributed by atoms with Crippen LogP contribution in [0.25, 0.3) is 0 Å². The maximum Gasteiger partial charge on any atom is 0.325 e. The lowest BCUT2D eigenvalue weighted by molar-refractivity contribution is -0.152. The monoisotopic (exact) mass is 258 g/mol. The molecule has 0 radical (unpaired) electrons. The van der Waals surface area contributed by atoms with Gasteiger partial charge in [-0.2, -0.15) is 0 Å². The molecule has 104 valence electrons. The molecule has 1 aliphatic rings. The van der Waals surface area contributed by atoms with E-state index < -0.39 is 11.5 Å². The predicted octanol–water partition coefficient (Wildman–Crippen LogP) is -0.0957. The topological polar surface area (TPSA) is 81.9 Å². The number of esters is 1. The number of hydrogen-bond donors (Lipinski definition) is 1. The van der Waals surface area contributed by atoms with Crippen LogP contribution in [0.15, 0.2) is 0 Å². The number of amides is 1. The van der Waals surface area contributed by atoms with Crippen molar-refractivity contribution in [3.63, 3.8) is 0 Å². The van der Waals surface area contributed by atoms with E-state index in [0.717, 1.165) is 0 Å². The summed E-state index contributed by atoms with van der Waals surface area (Å²) in [6.45, 7) is 6.34. The molecule has 18 heavy (non-hydrogen) atoms. The molecule has 2 N–H and O–H groups in total. The molecule has 1 heterocycles. The number of nitrogens with two attached hydrogens (primary N) is 1. The van der Waals surface area contributed by atoms with Gasteiger partial charge in [-0.1, -0.05) is 0 Å². The van der Waals surface area contributed by atoms with Crippen LogP contribution in [0.4, 0.5) is 0 Å². The maximum absolute atomic E-state index is 12.4. The Labute approximate surface area is 107 Å². The van der Waals surface area contributed by atoms with Gasteiger partial charge < -0.3 is 20.1 Å². The summed E-state index contributed by atoms with van der Waals surface area (Å²) in [6, 6.07) is -0.108. The van der Waals surface area contributed by atoms with Gasteiger partial charge in [-0.25, -0.2) is 0 Å². The number of hydrogen-bond acceptors (Lipinski definition) is 5. The summed E-state index contributed by atoms with van der Waals surface area (Å²) in [4.78, 5) is 25.3. The lowest BCUT2D eigenvalue weighted by Crippen LogP contribution is -2.58. The quantitative estimate of drug-likeness (QED) is 0.697. The van der Waals surface area contributed by atoms with E-state index in [1.807, 2.05) is 13.8 Å². The van der Waals surface area contributed by atoms with Gasteiger partial charge in [0.15, 0.2) is 0 Å². The Hall–Kier alpha value is -1.14. The molecule has 0 aliphatic carbocycles. The Morgan fingerprint density at radius 1 is 1.50 bits per heavy atom. The summed E-state index contributed by atoms with van der Waals surface area (Å²) in [7, 11) is 0. The zero-order valence-electron chi connectivity index (χ0n) is 11.3. The molecule has 1 rings (SSSR count). The van der Waals surface area contributed by atoms with Crippen molar-refractivity contribution < 1.29 is 19.1 Å². The molecule has 1 atom stereocenters. The van der Waals surface area contributed by atoms with Crippen molar-refractivity contribution in [3.8, 4) is 0 Å². The summed E-state index contributed by atoms with van der Waals surface area (Å²) in [5, 5.41) is 0. The largest absolute Gasteiger partial charge is 0.465 e. The van der Waals surface area contributed by atoms with Gasteiger partial charge in [-0.3, -0.25) is 9.59 Å². The van der Waals surface area contributed by atoms with Crippen LogP contribution in [0.1, 0.15) is 27.2 Å². The van der Waals surface area contributed by atoms with Crippen molar-refractivity contribution in [1.29, 1.82) is 0 Å². The summed E-state index contributed by atoms with van der Waals surface area (Å²) < 4.78 is 10.0. The van der Waals surface area contributed by atoms with E-state index >= 15 is 0 Å². The number of ether oxygens (including phenoxy) is 2. The summed E-state index contributed by atoms with van der Waals surface area (Å²) >= 11 is 0. The molecule has 0 saturated carbocycles. The third kappa shape index (κ3) is 3.43. The van der Waals surface area contributed by atoms with Crippen LogP contribution < -0.4 is 5.73 Å². The molecule has 1 aliphatic heterocycles. The van der Waals surface area contributed by atoms with Crippen molar-refractivity contribution in [2.45, 2.75) is 38.8 Å². The minimum absolute atomic E-state index is 0.0662. The van der Waals surface area contributed by atoms with E-state index in [1.54, 1.807) is 6.92 Å². The van der Waals surface area contributed by atoms with Gasteiger partial charge >= 0.3 is 5.97 Å². The fraction of sp³-hybridized carbons (Fsp3) is 0.833. The number of rotatable bonds is 5. The number of carbonyl (C=O) groups excluding carboxylic acids is 2. The fourth-order valence-corrected chi connectivity index (χ4v) is 1.87. The highest BCUT2D eigenvalue weighted by molar-refractivity contribution is 5.89. The second kappa shape index (κ2) is 6.15. The molecule has 6 nitrogen and oxygen atoms in total. The van der Waals surface area contributed by atoms with Crippen molar-refractivity contribution >= 4 is 11.9 Å².